The fourth-order valence-corrected chi connectivity index (χ4v) is 1.82. The van der Waals surface area contributed by atoms with Gasteiger partial charge in [0.1, 0.15) is 0 Å². The predicted molar refractivity (Wildman–Crippen MR) is 43.4 cm³/mol. The maximum absolute atomic E-state index is 13.7. The maximum atomic E-state index is 13.7. The van der Waals surface area contributed by atoms with Crippen molar-refractivity contribution >= 4 is 0 Å². The van der Waals surface area contributed by atoms with Crippen molar-refractivity contribution in [2.75, 3.05) is 0 Å². The molecule has 2 unspecified atom stereocenters. The molecule has 0 aliphatic heterocycles. The van der Waals surface area contributed by atoms with Crippen LogP contribution in [0.25, 0.3) is 0 Å². The fourth-order valence-electron chi connectivity index (χ4n) is 1.82. The molecule has 0 nitrogen and oxygen atoms in total. The van der Waals surface area contributed by atoms with Crippen LogP contribution in [0.5, 0.6) is 0 Å². The van der Waals surface area contributed by atoms with Crippen LogP contribution in [0, 0.1) is 0 Å². The summed E-state index contributed by atoms with van der Waals surface area (Å²) in [6.07, 6.45) is 0. The number of rotatable bonds is 0. The first-order valence-corrected chi connectivity index (χ1v) is 4.70. The minimum absolute atomic E-state index is 0.232. The predicted octanol–water partition coefficient (Wildman–Crippen LogP) is 4.09. The van der Waals surface area contributed by atoms with Crippen molar-refractivity contribution < 1.29 is 39.5 Å². The molecule has 1 aliphatic rings. The first-order valence-electron chi connectivity index (χ1n) is 4.70. The normalized spacial score (nSPS) is 50.0. The Kier molecular flexibility index (Phi) is 2.65. The van der Waals surface area contributed by atoms with Gasteiger partial charge in [-0.1, -0.05) is 0 Å². The Morgan fingerprint density at radius 1 is 0.389 bits per heavy atom. The zero-order chi connectivity index (χ0) is 15.0. The van der Waals surface area contributed by atoms with Gasteiger partial charge < -0.3 is 0 Å². The van der Waals surface area contributed by atoms with Gasteiger partial charge in [-0.15, -0.1) is 0 Å². The van der Waals surface area contributed by atoms with Crippen molar-refractivity contribution in [2.45, 2.75) is 55.5 Å². The molecule has 1 fully saturated rings. The Morgan fingerprint density at radius 2 is 0.611 bits per heavy atom. The van der Waals surface area contributed by atoms with Crippen LogP contribution >= 0.6 is 0 Å². The molecule has 0 saturated heterocycles. The van der Waals surface area contributed by atoms with Crippen LogP contribution < -0.4 is 0 Å². The molecular weight excluding hydrogens is 279 g/mol. The van der Waals surface area contributed by atoms with E-state index in [1.54, 1.807) is 0 Å². The van der Waals surface area contributed by atoms with Gasteiger partial charge in [0.05, 0.1) is 0 Å². The first kappa shape index (κ1) is 15.4. The Morgan fingerprint density at radius 3 is 0.833 bits per heavy atom. The van der Waals surface area contributed by atoms with Crippen LogP contribution in [-0.2, 0) is 0 Å². The summed E-state index contributed by atoms with van der Waals surface area (Å²) < 4.78 is 119. The van der Waals surface area contributed by atoms with Gasteiger partial charge in [-0.25, -0.2) is 13.2 Å². The van der Waals surface area contributed by atoms with E-state index in [9.17, 15) is 39.5 Å². The van der Waals surface area contributed by atoms with E-state index < -0.39 is 34.8 Å². The molecular formula is C9H9F9. The largest absolute Gasteiger partial charge is 0.378 e. The minimum Gasteiger partial charge on any atom is -0.237 e. The molecule has 18 heavy (non-hydrogen) atoms. The summed E-state index contributed by atoms with van der Waals surface area (Å²) in [6.45, 7) is -0.966. The van der Waals surface area contributed by atoms with Gasteiger partial charge >= 0.3 is 17.8 Å². The van der Waals surface area contributed by atoms with Crippen LogP contribution in [-0.4, -0.2) is 34.8 Å². The molecule has 3 atom stereocenters. The third-order valence-corrected chi connectivity index (χ3v) is 3.73. The molecule has 1 saturated carbocycles. The van der Waals surface area contributed by atoms with Gasteiger partial charge in [-0.05, 0) is 20.8 Å². The SMILES string of the molecule is CC1(F)C(F)(F)C(F)(F)C(F)(F)[C@](C)(F)C1(C)F. The van der Waals surface area contributed by atoms with Gasteiger partial charge in [0.25, 0.3) is 0 Å². The topological polar surface area (TPSA) is 0 Å². The van der Waals surface area contributed by atoms with Crippen molar-refractivity contribution in [1.82, 2.24) is 0 Å². The van der Waals surface area contributed by atoms with Crippen LogP contribution in [0.2, 0.25) is 0 Å². The summed E-state index contributed by atoms with van der Waals surface area (Å²) >= 11 is 0. The highest BCUT2D eigenvalue weighted by molar-refractivity contribution is 5.28. The van der Waals surface area contributed by atoms with E-state index in [1.165, 1.54) is 0 Å². The van der Waals surface area contributed by atoms with Gasteiger partial charge in [-0.3, -0.25) is 0 Å². The second-order valence-electron chi connectivity index (χ2n) is 4.73. The number of hydrogen-bond acceptors (Lipinski definition) is 0. The third kappa shape index (κ3) is 1.11. The molecule has 0 aromatic heterocycles. The number of hydrogen-bond donors (Lipinski definition) is 0. The average Bonchev–Trinajstić information content (AvgIpc) is 2.14. The molecule has 9 heteroatoms. The molecule has 0 heterocycles. The highest BCUT2D eigenvalue weighted by Gasteiger charge is 2.94. The van der Waals surface area contributed by atoms with Gasteiger partial charge in [0.2, 0.25) is 11.3 Å². The van der Waals surface area contributed by atoms with Gasteiger partial charge in [-0.2, -0.15) is 26.3 Å². The highest BCUT2D eigenvalue weighted by Crippen LogP contribution is 2.67. The Balaban J connectivity index is 3.72. The Bertz CT molecular complexity index is 249. The van der Waals surface area contributed by atoms with E-state index >= 15 is 0 Å². The standard InChI is InChI=1S/C9H9F9/c1-4(10)5(2,11)7(13,14)9(17,18)8(15,16)6(4,3)12/h1-3H3/t4?,5-,6?/m1/s1. The Hall–Kier alpha value is -0.630. The monoisotopic (exact) mass is 288 g/mol. The molecule has 1 rings (SSSR count). The zero-order valence-corrected chi connectivity index (χ0v) is 9.40. The molecule has 0 bridgehead atoms. The van der Waals surface area contributed by atoms with Crippen LogP contribution in [0.3, 0.4) is 0 Å². The summed E-state index contributed by atoms with van der Waals surface area (Å²) in [5, 5.41) is 0. The third-order valence-electron chi connectivity index (χ3n) is 3.73. The summed E-state index contributed by atoms with van der Waals surface area (Å²) in [7, 11) is 0. The van der Waals surface area contributed by atoms with Gasteiger partial charge in [0, 0.05) is 0 Å². The maximum Gasteiger partial charge on any atom is 0.378 e. The van der Waals surface area contributed by atoms with E-state index in [-0.39, 0.29) is 20.8 Å². The highest BCUT2D eigenvalue weighted by atomic mass is 19.4. The molecule has 0 aromatic carbocycles. The number of halogens is 9. The molecule has 0 amide bonds. The lowest BCUT2D eigenvalue weighted by Gasteiger charge is -2.56. The molecule has 108 valence electrons. The van der Waals surface area contributed by atoms with E-state index in [0.717, 1.165) is 0 Å². The Labute approximate surface area is 96.1 Å². The van der Waals surface area contributed by atoms with Crippen LogP contribution in [0.15, 0.2) is 0 Å². The van der Waals surface area contributed by atoms with E-state index in [4.69, 9.17) is 0 Å². The zero-order valence-electron chi connectivity index (χ0n) is 9.40. The summed E-state index contributed by atoms with van der Waals surface area (Å²) in [4.78, 5) is 0. The van der Waals surface area contributed by atoms with E-state index in [1.807, 2.05) is 0 Å². The molecule has 0 N–H and O–H groups in total. The molecule has 1 aliphatic carbocycles. The smallest absolute Gasteiger partial charge is 0.237 e. The van der Waals surface area contributed by atoms with Crippen molar-refractivity contribution in [3.63, 3.8) is 0 Å². The quantitative estimate of drug-likeness (QED) is 0.589. The van der Waals surface area contributed by atoms with E-state index in [0.29, 0.717) is 0 Å². The summed E-state index contributed by atoms with van der Waals surface area (Å²) in [5.74, 6) is -18.5. The lowest BCUT2D eigenvalue weighted by atomic mass is 9.62. The van der Waals surface area contributed by atoms with Crippen molar-refractivity contribution in [3.8, 4) is 0 Å². The lowest BCUT2D eigenvalue weighted by Crippen LogP contribution is -2.83. The average molecular weight is 288 g/mol. The van der Waals surface area contributed by atoms with Crippen LogP contribution in [0.4, 0.5) is 39.5 Å². The molecule has 0 spiro atoms. The fraction of sp³-hybridized carbons (Fsp3) is 1.00. The van der Waals surface area contributed by atoms with Crippen LogP contribution in [0.1, 0.15) is 20.8 Å². The van der Waals surface area contributed by atoms with E-state index in [2.05, 4.69) is 0 Å². The lowest BCUT2D eigenvalue weighted by molar-refractivity contribution is -0.432. The number of alkyl halides is 9. The van der Waals surface area contributed by atoms with Gasteiger partial charge in [0.15, 0.2) is 5.67 Å². The minimum atomic E-state index is -6.36. The van der Waals surface area contributed by atoms with Crippen molar-refractivity contribution in [2.24, 2.45) is 0 Å². The van der Waals surface area contributed by atoms with Crippen molar-refractivity contribution in [1.29, 1.82) is 0 Å². The second kappa shape index (κ2) is 3.09. The van der Waals surface area contributed by atoms with Crippen molar-refractivity contribution in [3.05, 3.63) is 0 Å². The second-order valence-corrected chi connectivity index (χ2v) is 4.73. The molecule has 0 radical (unpaired) electrons. The summed E-state index contributed by atoms with van der Waals surface area (Å²) in [5.41, 5.74) is -14.1. The summed E-state index contributed by atoms with van der Waals surface area (Å²) in [6, 6.07) is 0. The first-order chi connectivity index (χ1) is 7.50. The molecule has 0 aromatic rings.